The molecule has 2 N–H and O–H groups in total. The molecular weight excluding hydrogens is 281 g/mol. The highest BCUT2D eigenvalue weighted by atomic mass is 32.2. The molecule has 1 aromatic carbocycles. The molecule has 0 heterocycles. The predicted molar refractivity (Wildman–Crippen MR) is 74.1 cm³/mol. The fourth-order valence-electron chi connectivity index (χ4n) is 2.46. The minimum atomic E-state index is -3.79. The van der Waals surface area contributed by atoms with Crippen LogP contribution in [0.1, 0.15) is 38.2 Å². The van der Waals surface area contributed by atoms with Crippen molar-refractivity contribution in [2.45, 2.75) is 44.1 Å². The number of aliphatic hydroxyl groups excluding tert-OH is 1. The van der Waals surface area contributed by atoms with Crippen LogP contribution in [0.5, 0.6) is 0 Å². The topological polar surface area (TPSA) is 66.4 Å². The minimum Gasteiger partial charge on any atom is -0.392 e. The summed E-state index contributed by atoms with van der Waals surface area (Å²) < 4.78 is 40.3. The molecular formula is C14H20FNO3S. The Hall–Kier alpha value is -0.980. The van der Waals surface area contributed by atoms with E-state index >= 15 is 0 Å². The van der Waals surface area contributed by atoms with Crippen LogP contribution in [0.4, 0.5) is 4.39 Å². The van der Waals surface area contributed by atoms with Crippen LogP contribution in [0, 0.1) is 11.2 Å². The molecule has 20 heavy (non-hydrogen) atoms. The third-order valence-corrected chi connectivity index (χ3v) is 5.35. The SMILES string of the molecule is CCCC1(CNS(=O)(=O)c2cc(F)ccc2CO)CC1. The fourth-order valence-corrected chi connectivity index (χ4v) is 3.85. The zero-order valence-electron chi connectivity index (χ0n) is 11.5. The van der Waals surface area contributed by atoms with Crippen LogP contribution in [-0.2, 0) is 16.6 Å². The molecule has 1 saturated carbocycles. The van der Waals surface area contributed by atoms with Crippen molar-refractivity contribution in [2.75, 3.05) is 6.54 Å². The van der Waals surface area contributed by atoms with Crippen molar-refractivity contribution in [3.63, 3.8) is 0 Å². The van der Waals surface area contributed by atoms with Crippen LogP contribution >= 0.6 is 0 Å². The van der Waals surface area contributed by atoms with E-state index < -0.39 is 22.4 Å². The average Bonchev–Trinajstić information content (AvgIpc) is 3.17. The van der Waals surface area contributed by atoms with E-state index in [2.05, 4.69) is 11.6 Å². The van der Waals surface area contributed by atoms with Crippen LogP contribution in [0.3, 0.4) is 0 Å². The molecule has 2 rings (SSSR count). The van der Waals surface area contributed by atoms with E-state index in [-0.39, 0.29) is 15.9 Å². The third-order valence-electron chi connectivity index (χ3n) is 3.86. The second-order valence-corrected chi connectivity index (χ2v) is 7.22. The first-order valence-corrected chi connectivity index (χ1v) is 8.30. The molecule has 1 aliphatic rings. The van der Waals surface area contributed by atoms with Crippen molar-refractivity contribution >= 4 is 10.0 Å². The zero-order valence-corrected chi connectivity index (χ0v) is 12.3. The molecule has 6 heteroatoms. The number of benzene rings is 1. The molecule has 0 aromatic heterocycles. The smallest absolute Gasteiger partial charge is 0.241 e. The van der Waals surface area contributed by atoms with Crippen molar-refractivity contribution in [3.05, 3.63) is 29.6 Å². The highest BCUT2D eigenvalue weighted by Crippen LogP contribution is 2.49. The van der Waals surface area contributed by atoms with Gasteiger partial charge in [0, 0.05) is 6.54 Å². The first-order chi connectivity index (χ1) is 9.42. The van der Waals surface area contributed by atoms with Crippen molar-refractivity contribution < 1.29 is 17.9 Å². The lowest BCUT2D eigenvalue weighted by Crippen LogP contribution is -2.31. The van der Waals surface area contributed by atoms with Gasteiger partial charge in [0.2, 0.25) is 10.0 Å². The lowest BCUT2D eigenvalue weighted by atomic mass is 10.0. The summed E-state index contributed by atoms with van der Waals surface area (Å²) in [6.07, 6.45) is 4.06. The monoisotopic (exact) mass is 301 g/mol. The first-order valence-electron chi connectivity index (χ1n) is 6.81. The molecule has 4 nitrogen and oxygen atoms in total. The summed E-state index contributed by atoms with van der Waals surface area (Å²) in [5.74, 6) is -0.628. The second-order valence-electron chi connectivity index (χ2n) is 5.48. The Morgan fingerprint density at radius 2 is 2.10 bits per heavy atom. The van der Waals surface area contributed by atoms with E-state index in [1.165, 1.54) is 6.07 Å². The van der Waals surface area contributed by atoms with Crippen molar-refractivity contribution in [2.24, 2.45) is 5.41 Å². The van der Waals surface area contributed by atoms with Gasteiger partial charge in [-0.1, -0.05) is 19.4 Å². The fraction of sp³-hybridized carbons (Fsp3) is 0.571. The van der Waals surface area contributed by atoms with Gasteiger partial charge in [-0.15, -0.1) is 0 Å². The predicted octanol–water partition coefficient (Wildman–Crippen LogP) is 2.18. The van der Waals surface area contributed by atoms with E-state index in [1.54, 1.807) is 0 Å². The lowest BCUT2D eigenvalue weighted by molar-refractivity contribution is 0.278. The van der Waals surface area contributed by atoms with Gasteiger partial charge in [0.05, 0.1) is 11.5 Å². The number of aliphatic hydroxyl groups is 1. The second kappa shape index (κ2) is 5.79. The van der Waals surface area contributed by atoms with Crippen LogP contribution in [-0.4, -0.2) is 20.1 Å². The maximum atomic E-state index is 13.2. The van der Waals surface area contributed by atoms with Crippen LogP contribution < -0.4 is 4.72 Å². The Morgan fingerprint density at radius 3 is 2.65 bits per heavy atom. The minimum absolute atomic E-state index is 0.0779. The molecule has 0 saturated heterocycles. The Bertz CT molecular complexity index is 582. The Labute approximate surface area is 119 Å². The van der Waals surface area contributed by atoms with E-state index in [1.807, 2.05) is 0 Å². The summed E-state index contributed by atoms with van der Waals surface area (Å²) in [4.78, 5) is -0.174. The van der Waals surface area contributed by atoms with Crippen LogP contribution in [0.2, 0.25) is 0 Å². The van der Waals surface area contributed by atoms with Gasteiger partial charge in [0.25, 0.3) is 0 Å². The lowest BCUT2D eigenvalue weighted by Gasteiger charge is -2.16. The van der Waals surface area contributed by atoms with Gasteiger partial charge in [-0.25, -0.2) is 17.5 Å². The van der Waals surface area contributed by atoms with Gasteiger partial charge in [-0.05, 0) is 42.4 Å². The molecule has 0 radical (unpaired) electrons. The largest absolute Gasteiger partial charge is 0.392 e. The van der Waals surface area contributed by atoms with Gasteiger partial charge >= 0.3 is 0 Å². The molecule has 112 valence electrons. The number of rotatable bonds is 7. The summed E-state index contributed by atoms with van der Waals surface area (Å²) in [7, 11) is -3.79. The Morgan fingerprint density at radius 1 is 1.40 bits per heavy atom. The maximum Gasteiger partial charge on any atom is 0.241 e. The van der Waals surface area contributed by atoms with E-state index in [9.17, 15) is 17.9 Å². The number of hydrogen-bond donors (Lipinski definition) is 2. The highest BCUT2D eigenvalue weighted by molar-refractivity contribution is 7.89. The normalized spacial score (nSPS) is 17.1. The van der Waals surface area contributed by atoms with Gasteiger partial charge in [-0.2, -0.15) is 0 Å². The van der Waals surface area contributed by atoms with Crippen molar-refractivity contribution in [1.82, 2.24) is 4.72 Å². The summed E-state index contributed by atoms with van der Waals surface area (Å²) in [6, 6.07) is 3.39. The van der Waals surface area contributed by atoms with Crippen LogP contribution in [0.15, 0.2) is 23.1 Å². The Balaban J connectivity index is 2.16. The van der Waals surface area contributed by atoms with E-state index in [0.29, 0.717) is 6.54 Å². The summed E-state index contributed by atoms with van der Waals surface area (Å²) in [5, 5.41) is 9.18. The molecule has 1 aliphatic carbocycles. The number of sulfonamides is 1. The van der Waals surface area contributed by atoms with E-state index in [0.717, 1.165) is 37.8 Å². The van der Waals surface area contributed by atoms with E-state index in [4.69, 9.17) is 0 Å². The third kappa shape index (κ3) is 3.37. The zero-order chi connectivity index (χ0) is 14.8. The molecule has 0 atom stereocenters. The Kier molecular flexibility index (Phi) is 4.46. The van der Waals surface area contributed by atoms with Gasteiger partial charge in [-0.3, -0.25) is 0 Å². The van der Waals surface area contributed by atoms with Crippen LogP contribution in [0.25, 0.3) is 0 Å². The molecule has 0 spiro atoms. The number of hydrogen-bond acceptors (Lipinski definition) is 3. The van der Waals surface area contributed by atoms with Crippen molar-refractivity contribution in [3.8, 4) is 0 Å². The quantitative estimate of drug-likeness (QED) is 0.811. The molecule has 0 unspecified atom stereocenters. The van der Waals surface area contributed by atoms with Crippen molar-refractivity contribution in [1.29, 1.82) is 0 Å². The summed E-state index contributed by atoms with van der Waals surface area (Å²) >= 11 is 0. The number of nitrogens with one attached hydrogen (secondary N) is 1. The average molecular weight is 301 g/mol. The molecule has 1 aromatic rings. The standard InChI is InChI=1S/C14H20FNO3S/c1-2-5-14(6-7-14)10-16-20(18,19)13-8-12(15)4-3-11(13)9-17/h3-4,8,16-17H,2,5-7,9-10H2,1H3. The maximum absolute atomic E-state index is 13.2. The van der Waals surface area contributed by atoms with Gasteiger partial charge in [0.1, 0.15) is 5.82 Å². The first kappa shape index (κ1) is 15.4. The number of halogens is 1. The van der Waals surface area contributed by atoms with Gasteiger partial charge < -0.3 is 5.11 Å². The highest BCUT2D eigenvalue weighted by Gasteiger charge is 2.42. The molecule has 0 amide bonds. The molecule has 1 fully saturated rings. The molecule has 0 bridgehead atoms. The van der Waals surface area contributed by atoms with Gasteiger partial charge in [0.15, 0.2) is 0 Å². The summed E-state index contributed by atoms with van der Waals surface area (Å²) in [6.45, 7) is 2.02. The summed E-state index contributed by atoms with van der Waals surface area (Å²) in [5.41, 5.74) is 0.286. The molecule has 0 aliphatic heterocycles.